The fourth-order valence-electron chi connectivity index (χ4n) is 1.82. The first-order chi connectivity index (χ1) is 8.67. The van der Waals surface area contributed by atoms with Gasteiger partial charge in [0.15, 0.2) is 0 Å². The van der Waals surface area contributed by atoms with Crippen molar-refractivity contribution >= 4 is 5.91 Å². The van der Waals surface area contributed by atoms with Crippen molar-refractivity contribution in [3.05, 3.63) is 35.4 Å². The lowest BCUT2D eigenvalue weighted by Gasteiger charge is -2.25. The van der Waals surface area contributed by atoms with Crippen molar-refractivity contribution in [2.45, 2.75) is 40.0 Å². The van der Waals surface area contributed by atoms with Gasteiger partial charge in [0, 0.05) is 12.1 Å². The second kappa shape index (κ2) is 5.74. The van der Waals surface area contributed by atoms with Crippen molar-refractivity contribution in [2.24, 2.45) is 11.1 Å². The molecule has 0 bridgehead atoms. The molecule has 1 aromatic carbocycles. The molecule has 0 radical (unpaired) electrons. The van der Waals surface area contributed by atoms with E-state index in [9.17, 15) is 4.79 Å². The van der Waals surface area contributed by atoms with Crippen LogP contribution >= 0.6 is 0 Å². The average Bonchev–Trinajstić information content (AvgIpc) is 2.35. The Morgan fingerprint density at radius 3 is 2.26 bits per heavy atom. The molecular weight excluding hydrogens is 236 g/mol. The fraction of sp³-hybridized carbons (Fsp3) is 0.562. The van der Waals surface area contributed by atoms with Crippen LogP contribution in [0.25, 0.3) is 0 Å². The van der Waals surface area contributed by atoms with Crippen LogP contribution < -0.4 is 11.1 Å². The van der Waals surface area contributed by atoms with Crippen LogP contribution in [-0.2, 0) is 5.41 Å². The molecule has 1 aromatic rings. The van der Waals surface area contributed by atoms with Crippen molar-refractivity contribution in [3.63, 3.8) is 0 Å². The number of benzene rings is 1. The lowest BCUT2D eigenvalue weighted by molar-refractivity contribution is 0.0935. The van der Waals surface area contributed by atoms with Gasteiger partial charge in [-0.1, -0.05) is 52.8 Å². The molecule has 0 aliphatic rings. The molecule has 0 fully saturated rings. The Morgan fingerprint density at radius 2 is 1.74 bits per heavy atom. The van der Waals surface area contributed by atoms with E-state index in [1.54, 1.807) is 0 Å². The highest BCUT2D eigenvalue weighted by Crippen LogP contribution is 2.25. The fourth-order valence-corrected chi connectivity index (χ4v) is 1.82. The van der Waals surface area contributed by atoms with Crippen LogP contribution in [0, 0.1) is 5.41 Å². The Morgan fingerprint density at radius 1 is 1.16 bits per heavy atom. The summed E-state index contributed by atoms with van der Waals surface area (Å²) in [7, 11) is 0. The minimum atomic E-state index is -0.0770. The van der Waals surface area contributed by atoms with Crippen LogP contribution in [0.3, 0.4) is 0 Å². The highest BCUT2D eigenvalue weighted by Gasteiger charge is 2.22. The molecule has 0 saturated heterocycles. The average molecular weight is 262 g/mol. The molecular formula is C16H26N2O. The second-order valence-electron chi connectivity index (χ2n) is 6.85. The van der Waals surface area contributed by atoms with Gasteiger partial charge in [0.25, 0.3) is 5.91 Å². The van der Waals surface area contributed by atoms with E-state index in [-0.39, 0.29) is 16.7 Å². The predicted octanol–water partition coefficient (Wildman–Crippen LogP) is 2.70. The molecule has 106 valence electrons. The number of carbonyl (C=O) groups excluding carboxylic acids is 1. The Labute approximate surface area is 116 Å². The summed E-state index contributed by atoms with van der Waals surface area (Å²) >= 11 is 0. The van der Waals surface area contributed by atoms with E-state index in [2.05, 4.69) is 26.1 Å². The molecule has 3 N–H and O–H groups in total. The molecule has 19 heavy (non-hydrogen) atoms. The molecule has 3 heteroatoms. The number of rotatable bonds is 4. The zero-order valence-corrected chi connectivity index (χ0v) is 12.7. The molecule has 0 unspecified atom stereocenters. The van der Waals surface area contributed by atoms with E-state index < -0.39 is 0 Å². The Hall–Kier alpha value is -1.35. The standard InChI is InChI=1S/C16H26N2O/c1-15(2,3)13-9-7-6-8-12(13)14(19)18-11-16(4,5)10-17/h6-9H,10-11,17H2,1-5H3,(H,18,19). The molecule has 1 rings (SSSR count). The molecule has 0 aliphatic carbocycles. The van der Waals surface area contributed by atoms with E-state index in [0.29, 0.717) is 13.1 Å². The minimum Gasteiger partial charge on any atom is -0.351 e. The van der Waals surface area contributed by atoms with Crippen molar-refractivity contribution in [1.29, 1.82) is 0 Å². The number of hydrogen-bond donors (Lipinski definition) is 2. The van der Waals surface area contributed by atoms with Crippen LogP contribution in [-0.4, -0.2) is 19.0 Å². The van der Waals surface area contributed by atoms with Gasteiger partial charge in [0.05, 0.1) is 0 Å². The molecule has 0 atom stereocenters. The molecule has 0 aromatic heterocycles. The van der Waals surface area contributed by atoms with Gasteiger partial charge in [-0.15, -0.1) is 0 Å². The molecule has 0 heterocycles. The Bertz CT molecular complexity index is 444. The summed E-state index contributed by atoms with van der Waals surface area (Å²) in [6.07, 6.45) is 0. The van der Waals surface area contributed by atoms with Crippen LogP contribution in [0.2, 0.25) is 0 Å². The van der Waals surface area contributed by atoms with Crippen LogP contribution in [0.15, 0.2) is 24.3 Å². The maximum atomic E-state index is 12.3. The Balaban J connectivity index is 2.90. The number of amides is 1. The first-order valence-electron chi connectivity index (χ1n) is 6.75. The largest absolute Gasteiger partial charge is 0.351 e. The number of carbonyl (C=O) groups is 1. The summed E-state index contributed by atoms with van der Waals surface area (Å²) in [6.45, 7) is 11.6. The summed E-state index contributed by atoms with van der Waals surface area (Å²) in [5.41, 5.74) is 7.38. The quantitative estimate of drug-likeness (QED) is 0.876. The van der Waals surface area contributed by atoms with E-state index >= 15 is 0 Å². The third-order valence-electron chi connectivity index (χ3n) is 3.26. The smallest absolute Gasteiger partial charge is 0.251 e. The summed E-state index contributed by atoms with van der Waals surface area (Å²) in [6, 6.07) is 7.77. The third-order valence-corrected chi connectivity index (χ3v) is 3.26. The first-order valence-corrected chi connectivity index (χ1v) is 6.75. The highest BCUT2D eigenvalue weighted by molar-refractivity contribution is 5.96. The lowest BCUT2D eigenvalue weighted by Crippen LogP contribution is -2.39. The highest BCUT2D eigenvalue weighted by atomic mass is 16.1. The normalized spacial score (nSPS) is 12.3. The monoisotopic (exact) mass is 262 g/mol. The van der Waals surface area contributed by atoms with E-state index in [1.807, 2.05) is 38.1 Å². The van der Waals surface area contributed by atoms with Gasteiger partial charge in [-0.3, -0.25) is 4.79 Å². The Kier molecular flexibility index (Phi) is 4.75. The van der Waals surface area contributed by atoms with Gasteiger partial charge in [0.1, 0.15) is 0 Å². The van der Waals surface area contributed by atoms with Crippen molar-refractivity contribution in [1.82, 2.24) is 5.32 Å². The zero-order chi connectivity index (χ0) is 14.7. The van der Waals surface area contributed by atoms with E-state index in [4.69, 9.17) is 5.73 Å². The van der Waals surface area contributed by atoms with Crippen LogP contribution in [0.4, 0.5) is 0 Å². The number of nitrogens with two attached hydrogens (primary N) is 1. The maximum Gasteiger partial charge on any atom is 0.251 e. The molecule has 1 amide bonds. The van der Waals surface area contributed by atoms with Gasteiger partial charge in [-0.25, -0.2) is 0 Å². The summed E-state index contributed by atoms with van der Waals surface area (Å²) < 4.78 is 0. The number of hydrogen-bond acceptors (Lipinski definition) is 2. The topological polar surface area (TPSA) is 55.1 Å². The SMILES string of the molecule is CC(C)(CN)CNC(=O)c1ccccc1C(C)(C)C. The third kappa shape index (κ3) is 4.35. The van der Waals surface area contributed by atoms with Gasteiger partial charge in [0.2, 0.25) is 0 Å². The summed E-state index contributed by atoms with van der Waals surface area (Å²) in [5, 5.41) is 2.98. The van der Waals surface area contributed by atoms with E-state index in [0.717, 1.165) is 11.1 Å². The summed E-state index contributed by atoms with van der Waals surface area (Å²) in [5.74, 6) is -0.0212. The number of nitrogens with one attached hydrogen (secondary N) is 1. The van der Waals surface area contributed by atoms with Crippen molar-refractivity contribution < 1.29 is 4.79 Å². The molecule has 0 saturated carbocycles. The summed E-state index contributed by atoms with van der Waals surface area (Å²) in [4.78, 5) is 12.3. The zero-order valence-electron chi connectivity index (χ0n) is 12.7. The van der Waals surface area contributed by atoms with E-state index in [1.165, 1.54) is 0 Å². The van der Waals surface area contributed by atoms with Gasteiger partial charge in [-0.2, -0.15) is 0 Å². The molecule has 0 aliphatic heterocycles. The predicted molar refractivity (Wildman–Crippen MR) is 80.3 cm³/mol. The van der Waals surface area contributed by atoms with Gasteiger partial charge >= 0.3 is 0 Å². The van der Waals surface area contributed by atoms with Crippen molar-refractivity contribution in [3.8, 4) is 0 Å². The van der Waals surface area contributed by atoms with Crippen LogP contribution in [0.5, 0.6) is 0 Å². The van der Waals surface area contributed by atoms with Gasteiger partial charge in [-0.05, 0) is 29.0 Å². The minimum absolute atomic E-state index is 0.0212. The second-order valence-corrected chi connectivity index (χ2v) is 6.85. The molecule has 0 spiro atoms. The lowest BCUT2D eigenvalue weighted by atomic mass is 9.83. The van der Waals surface area contributed by atoms with Crippen LogP contribution in [0.1, 0.15) is 50.5 Å². The van der Waals surface area contributed by atoms with Gasteiger partial charge < -0.3 is 11.1 Å². The maximum absolute atomic E-state index is 12.3. The first kappa shape index (κ1) is 15.7. The van der Waals surface area contributed by atoms with Crippen molar-refractivity contribution in [2.75, 3.05) is 13.1 Å². The molecule has 3 nitrogen and oxygen atoms in total.